The highest BCUT2D eigenvalue weighted by atomic mass is 18.0. The van der Waals surface area contributed by atoms with Gasteiger partial charge in [-0.05, 0) is 80.6 Å². The van der Waals surface area contributed by atoms with Gasteiger partial charge in [-0.2, -0.15) is 0 Å². The summed E-state index contributed by atoms with van der Waals surface area (Å²) >= 11 is 0. The molecule has 0 aliphatic rings. The molecule has 0 aliphatic carbocycles. The van der Waals surface area contributed by atoms with Crippen molar-refractivity contribution >= 4 is 0 Å². The summed E-state index contributed by atoms with van der Waals surface area (Å²) < 4.78 is 0. The lowest BCUT2D eigenvalue weighted by molar-refractivity contribution is -0.889. The fourth-order valence-corrected chi connectivity index (χ4v) is 0.188. The predicted molar refractivity (Wildman–Crippen MR) is 27.0 cm³/mol. The van der Waals surface area contributed by atoms with Gasteiger partial charge in [0.25, 0.3) is 0 Å². The van der Waals surface area contributed by atoms with Crippen molar-refractivity contribution in [2.24, 2.45) is 0 Å². The van der Waals surface area contributed by atoms with Crippen molar-refractivity contribution in [2.45, 2.75) is 0 Å². The van der Waals surface area contributed by atoms with E-state index in [0.717, 1.165) is 7.11 Å². The SMILES string of the molecule is COOOOOOOOOOOOOOOOOO. The second kappa shape index (κ2) is 17.3. The summed E-state index contributed by atoms with van der Waals surface area (Å²) in [5.41, 5.74) is 0. The van der Waals surface area contributed by atoms with Gasteiger partial charge in [-0.3, -0.25) is 0 Å². The molecule has 0 rings (SSSR count). The normalized spacial score (nSPS) is 11.1. The van der Waals surface area contributed by atoms with Crippen molar-refractivity contribution in [2.75, 3.05) is 7.11 Å². The van der Waals surface area contributed by atoms with Gasteiger partial charge in [-0.15, -0.1) is 0 Å². The van der Waals surface area contributed by atoms with Crippen LogP contribution in [0.25, 0.3) is 0 Å². The minimum absolute atomic E-state index is 1.10. The van der Waals surface area contributed by atoms with Gasteiger partial charge < -0.3 is 0 Å². The Kier molecular flexibility index (Phi) is 16.6. The zero-order valence-corrected chi connectivity index (χ0v) is 8.39. The summed E-state index contributed by atoms with van der Waals surface area (Å²) in [6.45, 7) is 0. The third-order valence-electron chi connectivity index (χ3n) is 0.487. The van der Waals surface area contributed by atoms with Crippen molar-refractivity contribution in [3.05, 3.63) is 0 Å². The lowest BCUT2D eigenvalue weighted by Crippen LogP contribution is -2.04. The van der Waals surface area contributed by atoms with E-state index in [9.17, 15) is 0 Å². The summed E-state index contributed by atoms with van der Waals surface area (Å²) in [5.74, 6) is 0. The fourth-order valence-electron chi connectivity index (χ4n) is 0.188. The molecule has 116 valence electrons. The van der Waals surface area contributed by atoms with E-state index in [-0.39, 0.29) is 0 Å². The van der Waals surface area contributed by atoms with E-state index in [4.69, 9.17) is 5.26 Å². The van der Waals surface area contributed by atoms with Gasteiger partial charge in [-0.25, -0.2) is 10.1 Å². The zero-order chi connectivity index (χ0) is 14.0. The van der Waals surface area contributed by atoms with Crippen LogP contribution in [0.15, 0.2) is 0 Å². The maximum atomic E-state index is 7.49. The first-order valence-electron chi connectivity index (χ1n) is 3.26. The molecular weight excluding hydrogens is 300 g/mol. The molecule has 0 spiro atoms. The highest BCUT2D eigenvalue weighted by Gasteiger charge is 1.99. The van der Waals surface area contributed by atoms with Crippen molar-refractivity contribution in [1.29, 1.82) is 0 Å². The Morgan fingerprint density at radius 3 is 0.947 bits per heavy atom. The molecule has 0 aromatic rings. The molecule has 0 saturated carbocycles. The maximum Gasteiger partial charge on any atom is 0.0745 e. The molecular formula is CH4O18. The monoisotopic (exact) mass is 304 g/mol. The van der Waals surface area contributed by atoms with Gasteiger partial charge in [0.05, 0.1) is 7.11 Å². The molecule has 0 amide bonds. The summed E-state index contributed by atoms with van der Waals surface area (Å²) in [6, 6.07) is 0. The summed E-state index contributed by atoms with van der Waals surface area (Å²) in [5, 5.41) is 62.5. The quantitative estimate of drug-likeness (QED) is 0.208. The lowest BCUT2D eigenvalue weighted by Gasteiger charge is -1.98. The Morgan fingerprint density at radius 1 is 0.421 bits per heavy atom. The van der Waals surface area contributed by atoms with Crippen LogP contribution >= 0.6 is 0 Å². The van der Waals surface area contributed by atoms with Crippen LogP contribution in [0.2, 0.25) is 0 Å². The first kappa shape index (κ1) is 18.3. The van der Waals surface area contributed by atoms with Crippen LogP contribution in [0.4, 0.5) is 0 Å². The Hall–Kier alpha value is -0.720. The molecule has 0 fully saturated rings. The maximum absolute atomic E-state index is 7.49. The largest absolute Gasteiger partial charge is 0.219 e. The van der Waals surface area contributed by atoms with Crippen molar-refractivity contribution in [1.82, 2.24) is 0 Å². The van der Waals surface area contributed by atoms with Gasteiger partial charge in [0.2, 0.25) is 0 Å². The summed E-state index contributed by atoms with van der Waals surface area (Å²) in [6.07, 6.45) is 0. The second-order valence-electron chi connectivity index (χ2n) is 1.26. The molecule has 18 nitrogen and oxygen atoms in total. The van der Waals surface area contributed by atoms with Crippen LogP contribution in [0.3, 0.4) is 0 Å². The molecule has 0 atom stereocenters. The van der Waals surface area contributed by atoms with E-state index in [1.54, 1.807) is 0 Å². The van der Waals surface area contributed by atoms with Crippen LogP contribution in [-0.2, 0) is 85.5 Å². The van der Waals surface area contributed by atoms with E-state index >= 15 is 0 Å². The minimum Gasteiger partial charge on any atom is -0.219 e. The van der Waals surface area contributed by atoms with E-state index in [0.29, 0.717) is 0 Å². The van der Waals surface area contributed by atoms with Gasteiger partial charge in [0.1, 0.15) is 0 Å². The number of hydrogen-bond acceptors (Lipinski definition) is 18. The fraction of sp³-hybridized carbons (Fsp3) is 1.00. The van der Waals surface area contributed by atoms with E-state index < -0.39 is 0 Å². The van der Waals surface area contributed by atoms with E-state index in [2.05, 4.69) is 85.5 Å². The van der Waals surface area contributed by atoms with Crippen LogP contribution in [0, 0.1) is 0 Å². The first-order chi connectivity index (χ1) is 9.41. The van der Waals surface area contributed by atoms with Crippen molar-refractivity contribution in [3.63, 3.8) is 0 Å². The van der Waals surface area contributed by atoms with Crippen molar-refractivity contribution < 1.29 is 90.8 Å². The smallest absolute Gasteiger partial charge is 0.0745 e. The standard InChI is InChI=1S/CH4O18/c1-3-5-7-9-11-13-15-17-19-18-16-14-12-10-8-6-4-2/h2H,1H3. The van der Waals surface area contributed by atoms with Crippen LogP contribution in [0.1, 0.15) is 0 Å². The van der Waals surface area contributed by atoms with Crippen LogP contribution in [-0.4, -0.2) is 12.4 Å². The van der Waals surface area contributed by atoms with Crippen LogP contribution < -0.4 is 0 Å². The van der Waals surface area contributed by atoms with Gasteiger partial charge in [-0.1, -0.05) is 0 Å². The molecule has 18 heteroatoms. The molecule has 0 aromatic carbocycles. The topological polar surface area (TPSA) is 177 Å². The Bertz CT molecular complexity index is 129. The lowest BCUT2D eigenvalue weighted by atomic mass is 11.8. The molecule has 0 radical (unpaired) electrons. The summed E-state index contributed by atoms with van der Waals surface area (Å²) in [4.78, 5) is 3.87. The zero-order valence-electron chi connectivity index (χ0n) is 8.39. The van der Waals surface area contributed by atoms with Crippen molar-refractivity contribution in [3.8, 4) is 0 Å². The highest BCUT2D eigenvalue weighted by Crippen LogP contribution is 1.92. The molecule has 0 aromatic heterocycles. The first-order valence-corrected chi connectivity index (χ1v) is 3.26. The third kappa shape index (κ3) is 17.3. The third-order valence-corrected chi connectivity index (χ3v) is 0.487. The molecule has 0 saturated heterocycles. The molecule has 19 heavy (non-hydrogen) atoms. The van der Waals surface area contributed by atoms with Gasteiger partial charge in [0.15, 0.2) is 0 Å². The molecule has 0 bridgehead atoms. The van der Waals surface area contributed by atoms with E-state index in [1.165, 1.54) is 0 Å². The predicted octanol–water partition coefficient (Wildman–Crippen LogP) is -0.989. The average molecular weight is 304 g/mol. The van der Waals surface area contributed by atoms with Gasteiger partial charge >= 0.3 is 0 Å². The Morgan fingerprint density at radius 2 is 0.684 bits per heavy atom. The Labute approximate surface area is 99.3 Å². The minimum atomic E-state index is 1.10. The molecule has 0 aliphatic heterocycles. The molecule has 0 unspecified atom stereocenters. The highest BCUT2D eigenvalue weighted by molar-refractivity contribution is 3.35. The summed E-state index contributed by atoms with van der Waals surface area (Å²) in [7, 11) is 1.10. The molecule has 0 heterocycles. The van der Waals surface area contributed by atoms with E-state index in [1.807, 2.05) is 0 Å². The average Bonchev–Trinajstić information content (AvgIpc) is 2.43. The Balaban J connectivity index is 2.88. The van der Waals surface area contributed by atoms with Gasteiger partial charge in [0, 0.05) is 0 Å². The second-order valence-corrected chi connectivity index (χ2v) is 1.26. The molecule has 1 N–H and O–H groups in total. The van der Waals surface area contributed by atoms with Crippen LogP contribution in [0.5, 0.6) is 0 Å². The number of rotatable bonds is 16. The number of hydrogen-bond donors (Lipinski definition) is 1.